The van der Waals surface area contributed by atoms with Gasteiger partial charge in [-0.15, -0.1) is 0 Å². The van der Waals surface area contributed by atoms with E-state index in [0.717, 1.165) is 0 Å². The monoisotopic (exact) mass is 861 g/mol. The minimum Gasteiger partial charge on any atom is -0.390 e. The fourth-order valence-electron chi connectivity index (χ4n) is 1.87. The van der Waals surface area contributed by atoms with Crippen LogP contribution in [0.4, 0.5) is 0 Å². The van der Waals surface area contributed by atoms with E-state index in [1.807, 2.05) is 0 Å². The summed E-state index contributed by atoms with van der Waals surface area (Å²) in [5.74, 6) is 0. The predicted octanol–water partition coefficient (Wildman–Crippen LogP) is -0.691. The average Bonchev–Trinajstić information content (AvgIpc) is 2.52. The molecule has 24 heavy (non-hydrogen) atoms. The second-order valence-electron chi connectivity index (χ2n) is 5.09. The SMILES string of the molecule is CCC(O)C(O)Cc1cnc(C(O)C(O)C(O)CC)cn1.[Re].[Re].[Re]. The second-order valence-corrected chi connectivity index (χ2v) is 5.09. The number of aliphatic hydroxyl groups excluding tert-OH is 5. The molecule has 0 fully saturated rings. The van der Waals surface area contributed by atoms with Gasteiger partial charge in [-0.25, -0.2) is 0 Å². The summed E-state index contributed by atoms with van der Waals surface area (Å²) < 4.78 is 0. The van der Waals surface area contributed by atoms with Crippen molar-refractivity contribution in [3.05, 3.63) is 23.8 Å². The molecule has 0 aliphatic rings. The molecule has 0 aliphatic heterocycles. The van der Waals surface area contributed by atoms with Gasteiger partial charge < -0.3 is 25.5 Å². The van der Waals surface area contributed by atoms with Crippen molar-refractivity contribution in [2.45, 2.75) is 63.6 Å². The van der Waals surface area contributed by atoms with Crippen LogP contribution in [0.3, 0.4) is 0 Å². The number of aliphatic hydroxyl groups is 5. The summed E-state index contributed by atoms with van der Waals surface area (Å²) in [4.78, 5) is 8.02. The zero-order valence-corrected chi connectivity index (χ0v) is 21.6. The van der Waals surface area contributed by atoms with Crippen LogP contribution in [0.2, 0.25) is 0 Å². The molecule has 0 amide bonds. The van der Waals surface area contributed by atoms with E-state index in [2.05, 4.69) is 9.97 Å². The maximum absolute atomic E-state index is 9.89. The molecule has 141 valence electrons. The van der Waals surface area contributed by atoms with Gasteiger partial charge in [-0.3, -0.25) is 9.97 Å². The van der Waals surface area contributed by atoms with Crippen LogP contribution < -0.4 is 0 Å². The molecule has 1 aromatic rings. The Morgan fingerprint density at radius 2 is 1.33 bits per heavy atom. The van der Waals surface area contributed by atoms with Gasteiger partial charge in [0.25, 0.3) is 0 Å². The van der Waals surface area contributed by atoms with Gasteiger partial charge in [-0.05, 0) is 12.8 Å². The standard InChI is InChI=1S/C14H24N2O5.3Re/c1-3-10(17)12(19)5-8-6-16-9(7-15-8)13(20)14(21)11(18)4-2;;;/h6-7,10-14,17-21H,3-5H2,1-2H3;;;. The largest absolute Gasteiger partial charge is 0.390 e. The summed E-state index contributed by atoms with van der Waals surface area (Å²) in [5.41, 5.74) is 0.612. The summed E-state index contributed by atoms with van der Waals surface area (Å²) >= 11 is 0. The van der Waals surface area contributed by atoms with Crippen molar-refractivity contribution in [3.8, 4) is 0 Å². The normalized spacial score (nSPS) is 16.5. The Morgan fingerprint density at radius 1 is 0.792 bits per heavy atom. The fourth-order valence-corrected chi connectivity index (χ4v) is 1.87. The summed E-state index contributed by atoms with van der Waals surface area (Å²) in [5, 5.41) is 48.3. The van der Waals surface area contributed by atoms with E-state index in [4.69, 9.17) is 0 Å². The number of aromatic nitrogens is 2. The van der Waals surface area contributed by atoms with Gasteiger partial charge in [-0.1, -0.05) is 13.8 Å². The Labute approximate surface area is 183 Å². The number of hydrogen-bond donors (Lipinski definition) is 5. The van der Waals surface area contributed by atoms with Crippen molar-refractivity contribution in [2.24, 2.45) is 0 Å². The summed E-state index contributed by atoms with van der Waals surface area (Å²) in [6.45, 7) is 3.45. The van der Waals surface area contributed by atoms with Gasteiger partial charge in [0.1, 0.15) is 12.2 Å². The van der Waals surface area contributed by atoms with E-state index < -0.39 is 30.5 Å². The van der Waals surface area contributed by atoms with Crippen molar-refractivity contribution >= 4 is 0 Å². The molecule has 7 nitrogen and oxygen atoms in total. The molecule has 0 aromatic carbocycles. The van der Waals surface area contributed by atoms with Crippen molar-refractivity contribution in [1.29, 1.82) is 0 Å². The molecule has 0 bridgehead atoms. The van der Waals surface area contributed by atoms with Crippen LogP contribution in [0.1, 0.15) is 44.2 Å². The third-order valence-electron chi connectivity index (χ3n) is 3.45. The first-order valence-corrected chi connectivity index (χ1v) is 7.11. The zero-order valence-electron chi connectivity index (χ0n) is 13.4. The molecule has 5 unspecified atom stereocenters. The van der Waals surface area contributed by atoms with E-state index >= 15 is 0 Å². The molecule has 10 heteroatoms. The maximum Gasteiger partial charge on any atom is 0.126 e. The molecule has 1 heterocycles. The summed E-state index contributed by atoms with van der Waals surface area (Å²) in [7, 11) is 0. The van der Waals surface area contributed by atoms with Crippen LogP contribution in [0, 0.1) is 0 Å². The van der Waals surface area contributed by atoms with Gasteiger partial charge in [-0.2, -0.15) is 0 Å². The summed E-state index contributed by atoms with van der Waals surface area (Å²) in [6.07, 6.45) is -1.88. The first-order valence-electron chi connectivity index (χ1n) is 7.11. The van der Waals surface area contributed by atoms with Crippen LogP contribution in [0.5, 0.6) is 0 Å². The first kappa shape index (κ1) is 29.6. The minimum absolute atomic E-state index is 0. The molecule has 5 N–H and O–H groups in total. The fraction of sp³-hybridized carbons (Fsp3) is 0.714. The third kappa shape index (κ3) is 8.99. The van der Waals surface area contributed by atoms with Crippen molar-refractivity contribution < 1.29 is 86.8 Å². The third-order valence-corrected chi connectivity index (χ3v) is 3.45. The molecule has 1 aromatic heterocycles. The molecule has 0 saturated heterocycles. The molecule has 3 radical (unpaired) electrons. The van der Waals surface area contributed by atoms with Gasteiger partial charge in [0.2, 0.25) is 0 Å². The Morgan fingerprint density at radius 3 is 1.75 bits per heavy atom. The molecular weight excluding hydrogens is 835 g/mol. The van der Waals surface area contributed by atoms with Crippen LogP contribution in [-0.2, 0) is 67.7 Å². The van der Waals surface area contributed by atoms with E-state index in [1.165, 1.54) is 12.4 Å². The van der Waals surface area contributed by atoms with Crippen LogP contribution in [0.25, 0.3) is 0 Å². The van der Waals surface area contributed by atoms with Crippen molar-refractivity contribution in [1.82, 2.24) is 9.97 Å². The Balaban J connectivity index is -0.00000147. The van der Waals surface area contributed by atoms with Gasteiger partial charge >= 0.3 is 0 Å². The molecule has 5 atom stereocenters. The second kappa shape index (κ2) is 15.0. The van der Waals surface area contributed by atoms with E-state index in [9.17, 15) is 25.5 Å². The van der Waals surface area contributed by atoms with E-state index in [1.54, 1.807) is 13.8 Å². The predicted molar refractivity (Wildman–Crippen MR) is 75.3 cm³/mol. The van der Waals surface area contributed by atoms with Gasteiger partial charge in [0.15, 0.2) is 0 Å². The van der Waals surface area contributed by atoms with Crippen LogP contribution in [0.15, 0.2) is 12.4 Å². The van der Waals surface area contributed by atoms with E-state index in [-0.39, 0.29) is 73.4 Å². The smallest absolute Gasteiger partial charge is 0.126 e. The molecule has 0 aliphatic carbocycles. The number of rotatable bonds is 8. The zero-order chi connectivity index (χ0) is 16.0. The molecule has 0 saturated carbocycles. The Hall–Kier alpha value is 0.867. The van der Waals surface area contributed by atoms with Gasteiger partial charge in [0.05, 0.1) is 35.9 Å². The van der Waals surface area contributed by atoms with E-state index in [0.29, 0.717) is 18.5 Å². The number of hydrogen-bond acceptors (Lipinski definition) is 7. The number of nitrogens with zero attached hydrogens (tertiary/aromatic N) is 2. The average molecular weight is 859 g/mol. The molecule has 0 spiro atoms. The minimum atomic E-state index is -1.33. The molecule has 1 rings (SSSR count). The first-order chi connectivity index (χ1) is 9.90. The maximum atomic E-state index is 9.89. The quantitative estimate of drug-likeness (QED) is 0.235. The molecular formula is C14H24N2O5Re3. The van der Waals surface area contributed by atoms with Crippen LogP contribution >= 0.6 is 0 Å². The van der Waals surface area contributed by atoms with Crippen molar-refractivity contribution in [3.63, 3.8) is 0 Å². The van der Waals surface area contributed by atoms with Crippen molar-refractivity contribution in [2.75, 3.05) is 0 Å². The Kier molecular flexibility index (Phi) is 18.5. The Bertz CT molecular complexity index is 427. The summed E-state index contributed by atoms with van der Waals surface area (Å²) in [6, 6.07) is 0. The van der Waals surface area contributed by atoms with Gasteiger partial charge in [0, 0.05) is 73.9 Å². The topological polar surface area (TPSA) is 127 Å². The van der Waals surface area contributed by atoms with Crippen LogP contribution in [-0.4, -0.2) is 59.9 Å².